The smallest absolute Gasteiger partial charge is 0.234 e. The number of fused-ring (bicyclic) bond motifs is 1. The molecule has 152 valence electrons. The molecule has 0 aliphatic heterocycles. The molecule has 0 spiro atoms. The molecule has 0 aliphatic rings. The minimum atomic E-state index is -0.0688. The van der Waals surface area contributed by atoms with Crippen LogP contribution in [0.5, 0.6) is 0 Å². The molecule has 0 bridgehead atoms. The van der Waals surface area contributed by atoms with E-state index in [1.807, 2.05) is 47.1 Å². The Morgan fingerprint density at radius 3 is 2.57 bits per heavy atom. The van der Waals surface area contributed by atoms with Gasteiger partial charge in [0, 0.05) is 5.69 Å². The van der Waals surface area contributed by atoms with Gasteiger partial charge >= 0.3 is 0 Å². The van der Waals surface area contributed by atoms with Crippen molar-refractivity contribution < 1.29 is 4.79 Å². The van der Waals surface area contributed by atoms with Crippen molar-refractivity contribution >= 4 is 34.4 Å². The van der Waals surface area contributed by atoms with Gasteiger partial charge in [0.1, 0.15) is 11.4 Å². The highest BCUT2D eigenvalue weighted by Crippen LogP contribution is 2.25. The van der Waals surface area contributed by atoms with E-state index in [0.717, 1.165) is 27.3 Å². The Bertz CT molecular complexity index is 1140. The summed E-state index contributed by atoms with van der Waals surface area (Å²) in [5, 5.41) is 9.02. The number of carbonyl (C=O) groups excluding carboxylic acids is 1. The largest absolute Gasteiger partial charge is 0.325 e. The van der Waals surface area contributed by atoms with Crippen molar-refractivity contribution in [1.29, 1.82) is 0 Å². The highest BCUT2D eigenvalue weighted by atomic mass is 32.2. The van der Waals surface area contributed by atoms with E-state index in [9.17, 15) is 4.79 Å². The molecule has 2 aromatic heterocycles. The lowest BCUT2D eigenvalue weighted by atomic mass is 10.0. The lowest BCUT2D eigenvalue weighted by Crippen LogP contribution is -2.14. The van der Waals surface area contributed by atoms with Gasteiger partial charge in [0.15, 0.2) is 5.65 Å². The van der Waals surface area contributed by atoms with Gasteiger partial charge in [-0.05, 0) is 29.2 Å². The minimum Gasteiger partial charge on any atom is -0.325 e. The van der Waals surface area contributed by atoms with Gasteiger partial charge in [-0.1, -0.05) is 68.1 Å². The van der Waals surface area contributed by atoms with E-state index < -0.39 is 0 Å². The van der Waals surface area contributed by atoms with Crippen molar-refractivity contribution in [3.05, 3.63) is 78.2 Å². The topological polar surface area (TPSA) is 72.7 Å². The molecule has 2 heterocycles. The molecule has 4 rings (SSSR count). The van der Waals surface area contributed by atoms with Crippen molar-refractivity contribution in [1.82, 2.24) is 19.7 Å². The number of hydrogen-bond acceptors (Lipinski definition) is 5. The molecule has 30 heavy (non-hydrogen) atoms. The Morgan fingerprint density at radius 1 is 1.07 bits per heavy atom. The fourth-order valence-electron chi connectivity index (χ4n) is 3.14. The molecule has 0 saturated heterocycles. The van der Waals surface area contributed by atoms with Crippen molar-refractivity contribution in [2.75, 3.05) is 11.1 Å². The number of benzene rings is 2. The second-order valence-electron chi connectivity index (χ2n) is 7.32. The van der Waals surface area contributed by atoms with Gasteiger partial charge in [0.05, 0.1) is 23.9 Å². The zero-order valence-electron chi connectivity index (χ0n) is 16.9. The number of nitrogens with one attached hydrogen (secondary N) is 1. The average Bonchev–Trinajstić information content (AvgIpc) is 3.17. The van der Waals surface area contributed by atoms with Crippen LogP contribution in [0.4, 0.5) is 5.69 Å². The van der Waals surface area contributed by atoms with Gasteiger partial charge in [-0.3, -0.25) is 4.79 Å². The molecular formula is C23H23N5OS. The molecule has 1 amide bonds. The van der Waals surface area contributed by atoms with Crippen LogP contribution in [-0.2, 0) is 11.3 Å². The Hall–Kier alpha value is -3.19. The molecule has 0 aliphatic carbocycles. The van der Waals surface area contributed by atoms with E-state index in [-0.39, 0.29) is 11.7 Å². The lowest BCUT2D eigenvalue weighted by Gasteiger charge is -2.08. The first-order valence-electron chi connectivity index (χ1n) is 9.83. The third-order valence-electron chi connectivity index (χ3n) is 4.77. The zero-order chi connectivity index (χ0) is 20.9. The summed E-state index contributed by atoms with van der Waals surface area (Å²) in [6.07, 6.45) is 3.29. The molecule has 6 nitrogen and oxygen atoms in total. The number of nitrogens with zero attached hydrogens (tertiary/aromatic N) is 4. The van der Waals surface area contributed by atoms with E-state index >= 15 is 0 Å². The van der Waals surface area contributed by atoms with Crippen molar-refractivity contribution in [2.24, 2.45) is 0 Å². The fraction of sp³-hybridized carbons (Fsp3) is 0.217. The second kappa shape index (κ2) is 9.09. The Balaban J connectivity index is 1.42. The number of aromatic nitrogens is 4. The van der Waals surface area contributed by atoms with Gasteiger partial charge in [-0.15, -0.1) is 0 Å². The van der Waals surface area contributed by atoms with Gasteiger partial charge in [-0.25, -0.2) is 14.6 Å². The lowest BCUT2D eigenvalue weighted by molar-refractivity contribution is -0.113. The SMILES string of the molecule is CC(C)c1ccc(NC(=O)CSc2ncnc3c2cnn3Cc2ccccc2)cc1. The monoisotopic (exact) mass is 417 g/mol. The average molecular weight is 418 g/mol. The Kier molecular flexibility index (Phi) is 6.09. The van der Waals surface area contributed by atoms with Gasteiger partial charge in [0.2, 0.25) is 5.91 Å². The van der Waals surface area contributed by atoms with Crippen LogP contribution >= 0.6 is 11.8 Å². The Morgan fingerprint density at radius 2 is 1.83 bits per heavy atom. The summed E-state index contributed by atoms with van der Waals surface area (Å²) in [6, 6.07) is 18.1. The third-order valence-corrected chi connectivity index (χ3v) is 5.78. The molecule has 7 heteroatoms. The number of rotatable bonds is 7. The summed E-state index contributed by atoms with van der Waals surface area (Å²) in [5.41, 5.74) is 3.96. The molecule has 4 aromatic rings. The summed E-state index contributed by atoms with van der Waals surface area (Å²) in [7, 11) is 0. The Labute approximate surface area is 179 Å². The highest BCUT2D eigenvalue weighted by Gasteiger charge is 2.12. The van der Waals surface area contributed by atoms with Crippen LogP contribution in [0.25, 0.3) is 11.0 Å². The van der Waals surface area contributed by atoms with E-state index in [0.29, 0.717) is 12.5 Å². The molecule has 0 unspecified atom stereocenters. The maximum absolute atomic E-state index is 12.4. The van der Waals surface area contributed by atoms with Crippen LogP contribution in [0.1, 0.15) is 30.9 Å². The maximum atomic E-state index is 12.4. The molecule has 0 fully saturated rings. The summed E-state index contributed by atoms with van der Waals surface area (Å²) >= 11 is 1.39. The van der Waals surface area contributed by atoms with Crippen LogP contribution in [0.2, 0.25) is 0 Å². The molecule has 0 saturated carbocycles. The quantitative estimate of drug-likeness (QED) is 0.348. The van der Waals surface area contributed by atoms with Gasteiger partial charge in [0.25, 0.3) is 0 Å². The second-order valence-corrected chi connectivity index (χ2v) is 8.28. The first-order chi connectivity index (χ1) is 14.6. The van der Waals surface area contributed by atoms with Gasteiger partial charge in [-0.2, -0.15) is 5.10 Å². The van der Waals surface area contributed by atoms with Crippen LogP contribution in [0.15, 0.2) is 72.1 Å². The van der Waals surface area contributed by atoms with Crippen molar-refractivity contribution in [3.8, 4) is 0 Å². The summed E-state index contributed by atoms with van der Waals surface area (Å²) < 4.78 is 1.85. The molecule has 0 radical (unpaired) electrons. The van der Waals surface area contributed by atoms with Crippen molar-refractivity contribution in [2.45, 2.75) is 31.3 Å². The van der Waals surface area contributed by atoms with Crippen LogP contribution < -0.4 is 5.32 Å². The summed E-state index contributed by atoms with van der Waals surface area (Å²) in [4.78, 5) is 21.1. The third kappa shape index (κ3) is 4.68. The number of anilines is 1. The predicted octanol–water partition coefficient (Wildman–Crippen LogP) is 4.73. The van der Waals surface area contributed by atoms with E-state index in [2.05, 4.69) is 46.4 Å². The minimum absolute atomic E-state index is 0.0688. The van der Waals surface area contributed by atoms with Gasteiger partial charge < -0.3 is 5.32 Å². The molecular weight excluding hydrogens is 394 g/mol. The summed E-state index contributed by atoms with van der Waals surface area (Å²) in [6.45, 7) is 4.93. The maximum Gasteiger partial charge on any atom is 0.234 e. The van der Waals surface area contributed by atoms with Crippen LogP contribution in [0.3, 0.4) is 0 Å². The van der Waals surface area contributed by atoms with E-state index in [4.69, 9.17) is 0 Å². The first kappa shape index (κ1) is 20.1. The number of hydrogen-bond donors (Lipinski definition) is 1. The van der Waals surface area contributed by atoms with Crippen molar-refractivity contribution in [3.63, 3.8) is 0 Å². The normalized spacial score (nSPS) is 11.2. The van der Waals surface area contributed by atoms with Crippen LogP contribution in [-0.4, -0.2) is 31.4 Å². The number of carbonyl (C=O) groups is 1. The molecule has 0 atom stereocenters. The summed E-state index contributed by atoms with van der Waals surface area (Å²) in [5.74, 6) is 0.663. The molecule has 2 aromatic carbocycles. The number of thioether (sulfide) groups is 1. The van der Waals surface area contributed by atoms with Crippen LogP contribution in [0, 0.1) is 0 Å². The van der Waals surface area contributed by atoms with E-state index in [1.165, 1.54) is 23.7 Å². The predicted molar refractivity (Wildman–Crippen MR) is 121 cm³/mol. The molecule has 1 N–H and O–H groups in total. The first-order valence-corrected chi connectivity index (χ1v) is 10.8. The number of amides is 1. The fourth-order valence-corrected chi connectivity index (χ4v) is 3.90. The van der Waals surface area contributed by atoms with E-state index in [1.54, 1.807) is 6.20 Å². The zero-order valence-corrected chi connectivity index (χ0v) is 17.8. The highest BCUT2D eigenvalue weighted by molar-refractivity contribution is 8.00. The standard InChI is InChI=1S/C23H23N5OS/c1-16(2)18-8-10-19(11-9-18)27-21(29)14-30-23-20-12-26-28(22(20)24-15-25-23)13-17-6-4-3-5-7-17/h3-12,15-16H,13-14H2,1-2H3,(H,27,29).